The van der Waals surface area contributed by atoms with Crippen molar-refractivity contribution >= 4 is 22.9 Å². The zero-order chi connectivity index (χ0) is 13.4. The van der Waals surface area contributed by atoms with Gasteiger partial charge in [-0.25, -0.2) is 4.98 Å². The first-order valence-electron chi connectivity index (χ1n) is 5.76. The van der Waals surface area contributed by atoms with Crippen LogP contribution in [0.15, 0.2) is 42.6 Å². The Morgan fingerprint density at radius 3 is 2.53 bits per heavy atom. The first-order chi connectivity index (χ1) is 9.19. The molecule has 2 N–H and O–H groups in total. The SMILES string of the molecule is COc1ccc(-c2cn3c(Cl)ccc(N)c3n2)cc1. The Kier molecular flexibility index (Phi) is 2.80. The lowest BCUT2D eigenvalue weighted by Gasteiger charge is -2.00. The van der Waals surface area contributed by atoms with Crippen LogP contribution in [0.1, 0.15) is 0 Å². The maximum Gasteiger partial charge on any atom is 0.161 e. The predicted molar refractivity (Wildman–Crippen MR) is 76.6 cm³/mol. The zero-order valence-corrected chi connectivity index (χ0v) is 11.1. The number of hydrogen-bond donors (Lipinski definition) is 1. The molecule has 19 heavy (non-hydrogen) atoms. The first kappa shape index (κ1) is 11.9. The highest BCUT2D eigenvalue weighted by molar-refractivity contribution is 6.29. The van der Waals surface area contributed by atoms with Gasteiger partial charge < -0.3 is 10.5 Å². The minimum atomic E-state index is 0.580. The van der Waals surface area contributed by atoms with Crippen LogP contribution in [0, 0.1) is 0 Å². The summed E-state index contributed by atoms with van der Waals surface area (Å²) in [6.45, 7) is 0. The average molecular weight is 274 g/mol. The normalized spacial score (nSPS) is 10.8. The van der Waals surface area contributed by atoms with Crippen molar-refractivity contribution in [3.05, 3.63) is 47.7 Å². The van der Waals surface area contributed by atoms with E-state index in [0.29, 0.717) is 16.5 Å². The molecule has 0 radical (unpaired) electrons. The van der Waals surface area contributed by atoms with Gasteiger partial charge in [0, 0.05) is 11.8 Å². The number of hydrogen-bond acceptors (Lipinski definition) is 3. The third kappa shape index (κ3) is 2.00. The van der Waals surface area contributed by atoms with Crippen molar-refractivity contribution in [1.82, 2.24) is 9.38 Å². The second-order valence-corrected chi connectivity index (χ2v) is 4.55. The summed E-state index contributed by atoms with van der Waals surface area (Å²) in [6.07, 6.45) is 1.87. The number of ether oxygens (including phenoxy) is 1. The molecule has 3 aromatic rings. The summed E-state index contributed by atoms with van der Waals surface area (Å²) in [5.74, 6) is 0.810. The van der Waals surface area contributed by atoms with Crippen LogP contribution < -0.4 is 10.5 Å². The number of methoxy groups -OCH3 is 1. The number of benzene rings is 1. The number of nitrogen functional groups attached to an aromatic ring is 1. The standard InChI is InChI=1S/C14H12ClN3O/c1-19-10-4-2-9(3-5-10)12-8-18-13(15)7-6-11(16)14(18)17-12/h2-8H,16H2,1H3. The summed E-state index contributed by atoms with van der Waals surface area (Å²) < 4.78 is 6.91. The minimum absolute atomic E-state index is 0.580. The van der Waals surface area contributed by atoms with Gasteiger partial charge >= 0.3 is 0 Å². The van der Waals surface area contributed by atoms with Crippen molar-refractivity contribution < 1.29 is 4.74 Å². The van der Waals surface area contributed by atoms with E-state index in [9.17, 15) is 0 Å². The van der Waals surface area contributed by atoms with Crippen LogP contribution in [0.25, 0.3) is 16.9 Å². The maximum atomic E-state index is 6.12. The highest BCUT2D eigenvalue weighted by atomic mass is 35.5. The molecule has 0 spiro atoms. The Morgan fingerprint density at radius 2 is 1.89 bits per heavy atom. The Bertz CT molecular complexity index is 695. The van der Waals surface area contributed by atoms with Gasteiger partial charge in [0.25, 0.3) is 0 Å². The molecule has 0 amide bonds. The lowest BCUT2D eigenvalue weighted by Crippen LogP contribution is -1.92. The van der Waals surface area contributed by atoms with E-state index in [-0.39, 0.29) is 0 Å². The Labute approximate surface area is 115 Å². The Morgan fingerprint density at radius 1 is 1.16 bits per heavy atom. The van der Waals surface area contributed by atoms with Crippen molar-refractivity contribution in [1.29, 1.82) is 0 Å². The quantitative estimate of drug-likeness (QED) is 0.729. The molecule has 0 saturated heterocycles. The first-order valence-corrected chi connectivity index (χ1v) is 6.14. The molecule has 0 atom stereocenters. The highest BCUT2D eigenvalue weighted by Gasteiger charge is 2.09. The molecule has 1 aromatic carbocycles. The van der Waals surface area contributed by atoms with Crippen LogP contribution in [0.5, 0.6) is 5.75 Å². The van der Waals surface area contributed by atoms with Gasteiger partial charge in [-0.15, -0.1) is 0 Å². The fraction of sp³-hybridized carbons (Fsp3) is 0.0714. The second-order valence-electron chi connectivity index (χ2n) is 4.16. The summed E-state index contributed by atoms with van der Waals surface area (Å²) in [7, 11) is 1.64. The van der Waals surface area contributed by atoms with Crippen LogP contribution in [0.2, 0.25) is 5.15 Å². The number of fused-ring (bicyclic) bond motifs is 1. The van der Waals surface area contributed by atoms with Gasteiger partial charge in [0.05, 0.1) is 18.5 Å². The molecule has 0 aliphatic rings. The number of nitrogens with zero attached hydrogens (tertiary/aromatic N) is 2. The molecule has 2 heterocycles. The highest BCUT2D eigenvalue weighted by Crippen LogP contribution is 2.26. The van der Waals surface area contributed by atoms with E-state index in [1.165, 1.54) is 0 Å². The van der Waals surface area contributed by atoms with E-state index in [1.54, 1.807) is 23.6 Å². The van der Waals surface area contributed by atoms with Gasteiger partial charge in [0.15, 0.2) is 5.65 Å². The number of anilines is 1. The van der Waals surface area contributed by atoms with Gasteiger partial charge in [-0.05, 0) is 36.4 Å². The van der Waals surface area contributed by atoms with Crippen LogP contribution in [-0.2, 0) is 0 Å². The predicted octanol–water partition coefficient (Wildman–Crippen LogP) is 3.25. The average Bonchev–Trinajstić information content (AvgIpc) is 2.89. The fourth-order valence-corrected chi connectivity index (χ4v) is 2.15. The van der Waals surface area contributed by atoms with E-state index in [1.807, 2.05) is 30.5 Å². The van der Waals surface area contributed by atoms with E-state index >= 15 is 0 Å². The molecule has 0 saturated carbocycles. The molecule has 0 unspecified atom stereocenters. The van der Waals surface area contributed by atoms with Gasteiger partial charge in [-0.3, -0.25) is 4.40 Å². The lowest BCUT2D eigenvalue weighted by atomic mass is 10.2. The molecule has 0 bridgehead atoms. The third-order valence-electron chi connectivity index (χ3n) is 2.98. The molecule has 0 fully saturated rings. The van der Waals surface area contributed by atoms with E-state index in [4.69, 9.17) is 22.1 Å². The molecule has 4 nitrogen and oxygen atoms in total. The summed E-state index contributed by atoms with van der Waals surface area (Å²) in [5.41, 5.74) is 8.97. The zero-order valence-electron chi connectivity index (χ0n) is 10.3. The number of imidazole rings is 1. The summed E-state index contributed by atoms with van der Waals surface area (Å²) >= 11 is 6.12. The smallest absolute Gasteiger partial charge is 0.161 e. The fourth-order valence-electron chi connectivity index (χ4n) is 1.96. The Balaban J connectivity index is 2.14. The molecule has 0 aliphatic heterocycles. The number of nitrogens with two attached hydrogens (primary N) is 1. The summed E-state index contributed by atoms with van der Waals surface area (Å²) in [4.78, 5) is 4.51. The van der Waals surface area contributed by atoms with Crippen molar-refractivity contribution in [3.8, 4) is 17.0 Å². The minimum Gasteiger partial charge on any atom is -0.497 e. The van der Waals surface area contributed by atoms with Gasteiger partial charge in [-0.2, -0.15) is 0 Å². The second kappa shape index (κ2) is 4.48. The van der Waals surface area contributed by atoms with E-state index in [2.05, 4.69) is 4.98 Å². The molecular weight excluding hydrogens is 262 g/mol. The van der Waals surface area contributed by atoms with Crippen molar-refractivity contribution in [2.75, 3.05) is 12.8 Å². The monoisotopic (exact) mass is 273 g/mol. The van der Waals surface area contributed by atoms with E-state index in [0.717, 1.165) is 17.0 Å². The summed E-state index contributed by atoms with van der Waals surface area (Å²) in [5, 5.41) is 0.580. The van der Waals surface area contributed by atoms with Crippen LogP contribution in [0.4, 0.5) is 5.69 Å². The number of pyridine rings is 1. The molecule has 96 valence electrons. The number of aromatic nitrogens is 2. The van der Waals surface area contributed by atoms with Crippen molar-refractivity contribution in [2.45, 2.75) is 0 Å². The number of rotatable bonds is 2. The Hall–Kier alpha value is -2.20. The molecular formula is C14H12ClN3O. The topological polar surface area (TPSA) is 52.5 Å². The molecule has 0 aliphatic carbocycles. The van der Waals surface area contributed by atoms with Gasteiger partial charge in [0.1, 0.15) is 10.9 Å². The lowest BCUT2D eigenvalue weighted by molar-refractivity contribution is 0.415. The van der Waals surface area contributed by atoms with Gasteiger partial charge in [0.2, 0.25) is 0 Å². The van der Waals surface area contributed by atoms with Crippen LogP contribution >= 0.6 is 11.6 Å². The summed E-state index contributed by atoms with van der Waals surface area (Å²) in [6, 6.07) is 11.2. The van der Waals surface area contributed by atoms with Crippen LogP contribution in [-0.4, -0.2) is 16.5 Å². The third-order valence-corrected chi connectivity index (χ3v) is 3.29. The molecule has 3 rings (SSSR count). The van der Waals surface area contributed by atoms with Gasteiger partial charge in [-0.1, -0.05) is 11.6 Å². The van der Waals surface area contributed by atoms with Crippen LogP contribution in [0.3, 0.4) is 0 Å². The maximum absolute atomic E-state index is 6.12. The van der Waals surface area contributed by atoms with Crippen molar-refractivity contribution in [3.63, 3.8) is 0 Å². The number of halogens is 1. The molecule has 2 aromatic heterocycles. The molecule has 5 heteroatoms. The van der Waals surface area contributed by atoms with Crippen molar-refractivity contribution in [2.24, 2.45) is 0 Å². The van der Waals surface area contributed by atoms with E-state index < -0.39 is 0 Å². The largest absolute Gasteiger partial charge is 0.497 e.